The zero-order valence-electron chi connectivity index (χ0n) is 14.8. The van der Waals surface area contributed by atoms with Crippen molar-refractivity contribution < 1.29 is 9.53 Å². The second kappa shape index (κ2) is 7.59. The van der Waals surface area contributed by atoms with Crippen LogP contribution in [-0.2, 0) is 20.2 Å². The molecular weight excluding hydrogens is 360 g/mol. The molecule has 1 N–H and O–H groups in total. The third kappa shape index (κ3) is 3.98. The molecule has 2 heterocycles. The summed E-state index contributed by atoms with van der Waals surface area (Å²) in [6.07, 6.45) is 3.61. The van der Waals surface area contributed by atoms with Crippen LogP contribution in [0.4, 0.5) is 0 Å². The van der Waals surface area contributed by atoms with Gasteiger partial charge in [-0.15, -0.1) is 11.3 Å². The average Bonchev–Trinajstić information content (AvgIpc) is 3.30. The number of para-hydroxylation sites is 1. The van der Waals surface area contributed by atoms with Crippen molar-refractivity contribution in [3.63, 3.8) is 0 Å². The van der Waals surface area contributed by atoms with Crippen LogP contribution in [0, 0.1) is 0 Å². The highest BCUT2D eigenvalue weighted by atomic mass is 32.1. The number of carbonyl (C=O) groups excluding carboxylic acids is 1. The Hall–Kier alpha value is -3.19. The summed E-state index contributed by atoms with van der Waals surface area (Å²) in [5, 5.41) is 3.80. The Morgan fingerprint density at radius 3 is 2.74 bits per heavy atom. The van der Waals surface area contributed by atoms with Gasteiger partial charge in [0.25, 0.3) is 5.91 Å². The van der Waals surface area contributed by atoms with Gasteiger partial charge in [0, 0.05) is 25.0 Å². The molecule has 0 atom stereocenters. The molecule has 0 saturated carbocycles. The van der Waals surface area contributed by atoms with Gasteiger partial charge in [0.2, 0.25) is 0 Å². The number of aromatic nitrogens is 3. The number of nitrogens with zero attached hydrogens (tertiary/aromatic N) is 3. The minimum atomic E-state index is -0.134. The number of ether oxygens (including phenoxy) is 1. The standard InChI is InChI=1S/C20H18N4O2S/c1-24-11-10-21-18(24)13-26-15-8-6-14(7-9-15)20(25)22-12-19-23-16-4-2-3-5-17(16)27-19/h2-11H,12-13H2,1H3,(H,22,25). The molecule has 0 radical (unpaired) electrons. The Morgan fingerprint density at radius 2 is 2.00 bits per heavy atom. The van der Waals surface area contributed by atoms with Gasteiger partial charge in [-0.3, -0.25) is 4.79 Å². The Labute approximate surface area is 160 Å². The quantitative estimate of drug-likeness (QED) is 0.557. The number of aryl methyl sites for hydroxylation is 1. The van der Waals surface area contributed by atoms with Gasteiger partial charge < -0.3 is 14.6 Å². The van der Waals surface area contributed by atoms with E-state index in [4.69, 9.17) is 4.74 Å². The van der Waals surface area contributed by atoms with E-state index in [0.29, 0.717) is 24.5 Å². The van der Waals surface area contributed by atoms with Crippen molar-refractivity contribution in [3.05, 3.63) is 77.3 Å². The molecule has 0 aliphatic rings. The van der Waals surface area contributed by atoms with E-state index in [-0.39, 0.29) is 5.91 Å². The molecule has 0 unspecified atom stereocenters. The third-order valence-electron chi connectivity index (χ3n) is 4.14. The number of benzene rings is 2. The van der Waals surface area contributed by atoms with Crippen LogP contribution in [0.5, 0.6) is 5.75 Å². The predicted octanol–water partition coefficient (Wildman–Crippen LogP) is 3.54. The topological polar surface area (TPSA) is 69.0 Å². The van der Waals surface area contributed by atoms with Gasteiger partial charge in [-0.1, -0.05) is 12.1 Å². The number of carbonyl (C=O) groups is 1. The molecule has 136 valence electrons. The molecule has 0 bridgehead atoms. The van der Waals surface area contributed by atoms with E-state index in [2.05, 4.69) is 15.3 Å². The summed E-state index contributed by atoms with van der Waals surface area (Å²) in [5.41, 5.74) is 1.54. The first kappa shape index (κ1) is 17.2. The first-order valence-electron chi connectivity index (χ1n) is 8.51. The fraction of sp³-hybridized carbons (Fsp3) is 0.150. The van der Waals surface area contributed by atoms with Gasteiger partial charge in [0.05, 0.1) is 16.8 Å². The van der Waals surface area contributed by atoms with Crippen molar-refractivity contribution in [3.8, 4) is 5.75 Å². The minimum Gasteiger partial charge on any atom is -0.486 e. The molecule has 27 heavy (non-hydrogen) atoms. The number of nitrogens with one attached hydrogen (secondary N) is 1. The molecule has 0 fully saturated rings. The lowest BCUT2D eigenvalue weighted by Gasteiger charge is -2.07. The van der Waals surface area contributed by atoms with Crippen LogP contribution in [0.2, 0.25) is 0 Å². The molecule has 2 aromatic carbocycles. The van der Waals surface area contributed by atoms with Crippen LogP contribution >= 0.6 is 11.3 Å². The summed E-state index contributed by atoms with van der Waals surface area (Å²) in [4.78, 5) is 21.1. The largest absolute Gasteiger partial charge is 0.486 e. The molecule has 1 amide bonds. The Kier molecular flexibility index (Phi) is 4.84. The van der Waals surface area contributed by atoms with E-state index in [1.807, 2.05) is 42.1 Å². The molecule has 0 aliphatic heterocycles. The van der Waals surface area contributed by atoms with Crippen molar-refractivity contribution in [2.75, 3.05) is 0 Å². The molecule has 6 nitrogen and oxygen atoms in total. The maximum Gasteiger partial charge on any atom is 0.251 e. The highest BCUT2D eigenvalue weighted by molar-refractivity contribution is 7.18. The van der Waals surface area contributed by atoms with E-state index in [9.17, 15) is 4.79 Å². The smallest absolute Gasteiger partial charge is 0.251 e. The van der Waals surface area contributed by atoms with Gasteiger partial charge in [-0.2, -0.15) is 0 Å². The molecule has 2 aromatic heterocycles. The lowest BCUT2D eigenvalue weighted by atomic mass is 10.2. The summed E-state index contributed by atoms with van der Waals surface area (Å²) in [7, 11) is 1.92. The SMILES string of the molecule is Cn1ccnc1COc1ccc(C(=O)NCc2nc3ccccc3s2)cc1. The summed E-state index contributed by atoms with van der Waals surface area (Å²) < 4.78 is 8.73. The van der Waals surface area contributed by atoms with Crippen LogP contribution in [0.25, 0.3) is 10.2 Å². The first-order valence-corrected chi connectivity index (χ1v) is 9.32. The molecule has 0 saturated heterocycles. The van der Waals surface area contributed by atoms with E-state index in [1.165, 1.54) is 0 Å². The first-order chi connectivity index (χ1) is 13.2. The van der Waals surface area contributed by atoms with Gasteiger partial charge >= 0.3 is 0 Å². The van der Waals surface area contributed by atoms with Crippen LogP contribution in [-0.4, -0.2) is 20.4 Å². The lowest BCUT2D eigenvalue weighted by molar-refractivity contribution is 0.0951. The molecular formula is C20H18N4O2S. The van der Waals surface area contributed by atoms with E-state index in [1.54, 1.807) is 41.8 Å². The fourth-order valence-corrected chi connectivity index (χ4v) is 3.55. The fourth-order valence-electron chi connectivity index (χ4n) is 2.64. The maximum atomic E-state index is 12.3. The molecule has 4 aromatic rings. The van der Waals surface area contributed by atoms with Crippen molar-refractivity contribution in [1.29, 1.82) is 0 Å². The number of thiazole rings is 1. The zero-order valence-corrected chi connectivity index (χ0v) is 15.6. The molecule has 4 rings (SSSR count). The Balaban J connectivity index is 1.33. The normalized spacial score (nSPS) is 10.9. The summed E-state index contributed by atoms with van der Waals surface area (Å²) in [6.45, 7) is 0.794. The van der Waals surface area contributed by atoms with Crippen LogP contribution < -0.4 is 10.1 Å². The van der Waals surface area contributed by atoms with Gasteiger partial charge in [0.15, 0.2) is 0 Å². The van der Waals surface area contributed by atoms with E-state index < -0.39 is 0 Å². The minimum absolute atomic E-state index is 0.134. The highest BCUT2D eigenvalue weighted by Crippen LogP contribution is 2.21. The number of fused-ring (bicyclic) bond motifs is 1. The number of imidazole rings is 1. The summed E-state index contributed by atoms with van der Waals surface area (Å²) >= 11 is 1.59. The molecule has 0 spiro atoms. The Morgan fingerprint density at radius 1 is 1.19 bits per heavy atom. The van der Waals surface area contributed by atoms with Crippen molar-refractivity contribution in [2.24, 2.45) is 7.05 Å². The van der Waals surface area contributed by atoms with Crippen molar-refractivity contribution in [1.82, 2.24) is 19.9 Å². The zero-order chi connectivity index (χ0) is 18.6. The van der Waals surface area contributed by atoms with Crippen LogP contribution in [0.15, 0.2) is 60.9 Å². The summed E-state index contributed by atoms with van der Waals surface area (Å²) in [5.74, 6) is 1.40. The van der Waals surface area contributed by atoms with E-state index in [0.717, 1.165) is 21.0 Å². The highest BCUT2D eigenvalue weighted by Gasteiger charge is 2.08. The van der Waals surface area contributed by atoms with Gasteiger partial charge in [-0.25, -0.2) is 9.97 Å². The average molecular weight is 378 g/mol. The van der Waals surface area contributed by atoms with Gasteiger partial charge in [0.1, 0.15) is 23.2 Å². The van der Waals surface area contributed by atoms with Crippen LogP contribution in [0.1, 0.15) is 21.2 Å². The molecule has 0 aliphatic carbocycles. The number of hydrogen-bond donors (Lipinski definition) is 1. The predicted molar refractivity (Wildman–Crippen MR) is 105 cm³/mol. The van der Waals surface area contributed by atoms with Crippen molar-refractivity contribution in [2.45, 2.75) is 13.2 Å². The number of hydrogen-bond acceptors (Lipinski definition) is 5. The van der Waals surface area contributed by atoms with Gasteiger partial charge in [-0.05, 0) is 36.4 Å². The third-order valence-corrected chi connectivity index (χ3v) is 5.18. The van der Waals surface area contributed by atoms with Crippen molar-refractivity contribution >= 4 is 27.5 Å². The molecule has 7 heteroatoms. The monoisotopic (exact) mass is 378 g/mol. The second-order valence-electron chi connectivity index (χ2n) is 6.03. The number of amides is 1. The maximum absolute atomic E-state index is 12.3. The second-order valence-corrected chi connectivity index (χ2v) is 7.14. The lowest BCUT2D eigenvalue weighted by Crippen LogP contribution is -2.22. The van der Waals surface area contributed by atoms with Crippen LogP contribution in [0.3, 0.4) is 0 Å². The Bertz CT molecular complexity index is 1040. The summed E-state index contributed by atoms with van der Waals surface area (Å²) in [6, 6.07) is 15.0. The number of rotatable bonds is 6. The van der Waals surface area contributed by atoms with E-state index >= 15 is 0 Å².